The average Bonchev–Trinajstić information content (AvgIpc) is 3.03. The quantitative estimate of drug-likeness (QED) is 0.635. The number of nitrogens with zero attached hydrogens (tertiary/aromatic N) is 2. The number of amides is 3. The highest BCUT2D eigenvalue weighted by Crippen LogP contribution is 2.41. The highest BCUT2D eigenvalue weighted by molar-refractivity contribution is 8.17. The lowest BCUT2D eigenvalue weighted by Crippen LogP contribution is -2.53. The van der Waals surface area contributed by atoms with Crippen molar-refractivity contribution in [1.82, 2.24) is 4.90 Å². The predicted octanol–water partition coefficient (Wildman–Crippen LogP) is 5.08. The third-order valence-electron chi connectivity index (χ3n) is 6.03. The van der Waals surface area contributed by atoms with Gasteiger partial charge >= 0.3 is 11.9 Å². The van der Waals surface area contributed by atoms with E-state index in [1.54, 1.807) is 11.8 Å². The van der Waals surface area contributed by atoms with Crippen molar-refractivity contribution < 1.29 is 14.2 Å². The van der Waals surface area contributed by atoms with Crippen molar-refractivity contribution in [3.05, 3.63) is 81.3 Å². The van der Waals surface area contributed by atoms with Gasteiger partial charge in [0.2, 0.25) is 0 Å². The number of hydrogen-bond donors (Lipinski definition) is 0. The first-order valence-electron chi connectivity index (χ1n) is 10.3. The lowest BCUT2D eigenvalue weighted by Gasteiger charge is -2.25. The van der Waals surface area contributed by atoms with Crippen LogP contribution in [0, 0.1) is 19.8 Å². The summed E-state index contributed by atoms with van der Waals surface area (Å²) >= 11 is 1.57. The Morgan fingerprint density at radius 2 is 1.73 bits per heavy atom. The number of aryl methyl sites for hydroxylation is 2. The fraction of sp³-hybridized carbons (Fsp3) is 0.320. The van der Waals surface area contributed by atoms with Crippen LogP contribution in [0.2, 0.25) is 0 Å². The molecule has 0 N–H and O–H groups in total. The molecule has 4 nitrogen and oxygen atoms in total. The van der Waals surface area contributed by atoms with E-state index in [9.17, 15) is 9.59 Å². The zero-order valence-electron chi connectivity index (χ0n) is 17.9. The summed E-state index contributed by atoms with van der Waals surface area (Å²) in [4.78, 5) is 29.4. The number of imide groups is 1. The van der Waals surface area contributed by atoms with Gasteiger partial charge in [0.1, 0.15) is 13.1 Å². The molecule has 2 heterocycles. The number of urea groups is 1. The van der Waals surface area contributed by atoms with E-state index >= 15 is 0 Å². The summed E-state index contributed by atoms with van der Waals surface area (Å²) in [6.07, 6.45) is 0.659. The van der Waals surface area contributed by atoms with Crippen molar-refractivity contribution in [3.63, 3.8) is 0 Å². The monoisotopic (exact) mass is 419 g/mol. The number of carbonyl (C=O) groups excluding carboxylic acids is 2. The number of rotatable bonds is 5. The minimum Gasteiger partial charge on any atom is -0.245 e. The van der Waals surface area contributed by atoms with Crippen LogP contribution in [0.5, 0.6) is 0 Å². The van der Waals surface area contributed by atoms with Gasteiger partial charge in [-0.05, 0) is 54.9 Å². The first-order valence-corrected chi connectivity index (χ1v) is 11.1. The Bertz CT molecular complexity index is 1090. The maximum absolute atomic E-state index is 13.5. The predicted molar refractivity (Wildman–Crippen MR) is 122 cm³/mol. The maximum Gasteiger partial charge on any atom is 0.501 e. The second kappa shape index (κ2) is 8.23. The van der Waals surface area contributed by atoms with E-state index in [0.29, 0.717) is 19.5 Å². The number of fused-ring (bicyclic) bond motifs is 1. The molecule has 1 unspecified atom stereocenters. The molecule has 0 bridgehead atoms. The van der Waals surface area contributed by atoms with Crippen LogP contribution in [0.1, 0.15) is 36.1 Å². The van der Waals surface area contributed by atoms with Crippen molar-refractivity contribution >= 4 is 28.7 Å². The second-order valence-electron chi connectivity index (χ2n) is 8.14. The molecular weight excluding hydrogens is 392 g/mol. The van der Waals surface area contributed by atoms with E-state index in [1.165, 1.54) is 10.5 Å². The number of allylic oxidation sites excluding steroid dienone is 1. The van der Waals surface area contributed by atoms with Crippen molar-refractivity contribution in [2.24, 2.45) is 5.92 Å². The number of thioether (sulfide) groups is 1. The van der Waals surface area contributed by atoms with Crippen LogP contribution in [0.15, 0.2) is 59.0 Å². The minimum atomic E-state index is -0.339. The van der Waals surface area contributed by atoms with E-state index in [0.717, 1.165) is 32.2 Å². The first kappa shape index (κ1) is 20.6. The summed E-state index contributed by atoms with van der Waals surface area (Å²) in [5.74, 6) is -0.432. The maximum atomic E-state index is 13.5. The molecule has 2 aromatic carbocycles. The summed E-state index contributed by atoms with van der Waals surface area (Å²) in [7, 11) is 0. The van der Waals surface area contributed by atoms with Crippen molar-refractivity contribution in [1.29, 1.82) is 0 Å². The molecule has 154 valence electrons. The third kappa shape index (κ3) is 3.74. The van der Waals surface area contributed by atoms with Crippen LogP contribution in [-0.4, -0.2) is 33.0 Å². The zero-order valence-corrected chi connectivity index (χ0v) is 18.8. The number of carbonyl (C=O) groups is 2. The van der Waals surface area contributed by atoms with E-state index in [1.807, 2.05) is 48.8 Å². The van der Waals surface area contributed by atoms with Crippen LogP contribution in [-0.2, 0) is 17.8 Å². The lowest BCUT2D eigenvalue weighted by molar-refractivity contribution is -0.454. The summed E-state index contributed by atoms with van der Waals surface area (Å²) in [6.45, 7) is 9.06. The Labute approximate surface area is 182 Å². The Morgan fingerprint density at radius 1 is 1.00 bits per heavy atom. The van der Waals surface area contributed by atoms with Gasteiger partial charge < -0.3 is 0 Å². The summed E-state index contributed by atoms with van der Waals surface area (Å²) < 4.78 is 1.82. The van der Waals surface area contributed by atoms with Gasteiger partial charge in [-0.1, -0.05) is 65.9 Å². The molecule has 2 aromatic rings. The molecule has 0 aromatic heterocycles. The standard InChI is InChI=1S/C25H27N2O2S/c1-16-10-11-17(2)21(14-16)15-27-24-22(18(3)19(4)30-24)23(28)26(25(27)29)13-12-20-8-6-5-7-9-20/h5-11,14,22H,12-13,15H2,1-4H3/q+1. The molecular formula is C25H27N2O2S+. The van der Waals surface area contributed by atoms with Gasteiger partial charge in [-0.15, -0.1) is 0 Å². The number of hydrogen-bond acceptors (Lipinski definition) is 3. The van der Waals surface area contributed by atoms with Crippen LogP contribution >= 0.6 is 11.8 Å². The molecule has 0 saturated heterocycles. The fourth-order valence-corrected chi connectivity index (χ4v) is 5.30. The summed E-state index contributed by atoms with van der Waals surface area (Å²) in [5, 5.41) is 0.858. The summed E-state index contributed by atoms with van der Waals surface area (Å²) in [5.41, 5.74) is 5.63. The van der Waals surface area contributed by atoms with Gasteiger partial charge in [-0.3, -0.25) is 0 Å². The van der Waals surface area contributed by atoms with E-state index < -0.39 is 0 Å². The second-order valence-corrected chi connectivity index (χ2v) is 9.37. The fourth-order valence-electron chi connectivity index (χ4n) is 4.05. The Kier molecular flexibility index (Phi) is 5.65. The molecule has 4 rings (SSSR count). The molecule has 0 fully saturated rings. The first-order chi connectivity index (χ1) is 14.4. The molecule has 3 amide bonds. The highest BCUT2D eigenvalue weighted by atomic mass is 32.2. The van der Waals surface area contributed by atoms with E-state index in [4.69, 9.17) is 0 Å². The lowest BCUT2D eigenvalue weighted by atomic mass is 9.97. The third-order valence-corrected chi connectivity index (χ3v) is 7.33. The van der Waals surface area contributed by atoms with Gasteiger partial charge in [0.15, 0.2) is 11.0 Å². The molecule has 2 aliphatic heterocycles. The van der Waals surface area contributed by atoms with Crippen LogP contribution in [0.3, 0.4) is 0 Å². The molecule has 30 heavy (non-hydrogen) atoms. The van der Waals surface area contributed by atoms with Gasteiger partial charge in [0.25, 0.3) is 0 Å². The smallest absolute Gasteiger partial charge is 0.245 e. The van der Waals surface area contributed by atoms with Crippen molar-refractivity contribution in [3.8, 4) is 0 Å². The van der Waals surface area contributed by atoms with Gasteiger partial charge in [-0.25, -0.2) is 4.79 Å². The molecule has 0 saturated carbocycles. The number of benzene rings is 2. The molecule has 0 spiro atoms. The van der Waals surface area contributed by atoms with Crippen LogP contribution in [0.4, 0.5) is 4.79 Å². The largest absolute Gasteiger partial charge is 0.501 e. The van der Waals surface area contributed by atoms with Gasteiger partial charge in [-0.2, -0.15) is 14.3 Å². The van der Waals surface area contributed by atoms with Crippen LogP contribution in [0.25, 0.3) is 0 Å². The molecule has 5 heteroatoms. The Hall–Kier alpha value is -2.66. The Balaban J connectivity index is 1.69. The molecule has 0 aliphatic carbocycles. The van der Waals surface area contributed by atoms with Gasteiger partial charge in [0.05, 0.1) is 0 Å². The topological polar surface area (TPSA) is 40.4 Å². The zero-order chi connectivity index (χ0) is 21.4. The van der Waals surface area contributed by atoms with Crippen LogP contribution < -0.4 is 0 Å². The average molecular weight is 420 g/mol. The van der Waals surface area contributed by atoms with Gasteiger partial charge in [0, 0.05) is 6.42 Å². The Morgan fingerprint density at radius 3 is 2.47 bits per heavy atom. The van der Waals surface area contributed by atoms with E-state index in [-0.39, 0.29) is 17.9 Å². The molecule has 2 aliphatic rings. The normalized spacial score (nSPS) is 19.1. The minimum absolute atomic E-state index is 0.0926. The molecule has 1 atom stereocenters. The van der Waals surface area contributed by atoms with Crippen molar-refractivity contribution in [2.75, 3.05) is 6.54 Å². The van der Waals surface area contributed by atoms with Crippen molar-refractivity contribution in [2.45, 2.75) is 40.7 Å². The molecule has 0 radical (unpaired) electrons. The summed E-state index contributed by atoms with van der Waals surface area (Å²) in [6, 6.07) is 16.1. The van der Waals surface area contributed by atoms with E-state index in [2.05, 4.69) is 32.0 Å². The highest BCUT2D eigenvalue weighted by Gasteiger charge is 2.51. The SMILES string of the molecule is CC1=C(C)C2C(=O)N(CCc3ccccc3)C(=O)[N+](Cc3cc(C)ccc3C)=C2S1.